The second kappa shape index (κ2) is 7.70. The first kappa shape index (κ1) is 15.4. The number of rotatable bonds is 6. The third kappa shape index (κ3) is 4.25. The monoisotopic (exact) mass is 277 g/mol. The first-order chi connectivity index (χ1) is 9.70. The van der Waals surface area contributed by atoms with E-state index in [1.807, 2.05) is 26.1 Å². The minimum atomic E-state index is 0.0494. The molecule has 1 aromatic heterocycles. The molecule has 0 saturated heterocycles. The summed E-state index contributed by atoms with van der Waals surface area (Å²) in [4.78, 5) is 9.15. The molecule has 4 heteroatoms. The maximum Gasteiger partial charge on any atom is 0.157 e. The van der Waals surface area contributed by atoms with Gasteiger partial charge in [-0.05, 0) is 38.7 Å². The number of nitrogens with zero attached hydrogens (tertiary/aromatic N) is 2. The first-order valence-corrected chi connectivity index (χ1v) is 7.89. The molecule has 1 aromatic rings. The maximum absolute atomic E-state index is 5.97. The summed E-state index contributed by atoms with van der Waals surface area (Å²) in [5, 5.41) is 0. The molecule has 2 rings (SSSR count). The second-order valence-electron chi connectivity index (χ2n) is 5.86. The van der Waals surface area contributed by atoms with Gasteiger partial charge in [0.1, 0.15) is 6.10 Å². The molecule has 2 atom stereocenters. The van der Waals surface area contributed by atoms with E-state index in [2.05, 4.69) is 4.98 Å². The van der Waals surface area contributed by atoms with E-state index in [1.165, 1.54) is 32.1 Å². The molecule has 0 spiro atoms. The predicted molar refractivity (Wildman–Crippen MR) is 80.3 cm³/mol. The molecule has 1 heterocycles. The molecule has 0 bridgehead atoms. The van der Waals surface area contributed by atoms with E-state index >= 15 is 0 Å². The molecule has 112 valence electrons. The van der Waals surface area contributed by atoms with Crippen molar-refractivity contribution in [1.82, 2.24) is 9.97 Å². The van der Waals surface area contributed by atoms with Gasteiger partial charge in [0.15, 0.2) is 5.82 Å². The Kier molecular flexibility index (Phi) is 5.92. The van der Waals surface area contributed by atoms with Crippen molar-refractivity contribution in [2.45, 2.75) is 64.5 Å². The summed E-state index contributed by atoms with van der Waals surface area (Å²) in [5.74, 6) is 1.41. The van der Waals surface area contributed by atoms with Gasteiger partial charge in [-0.25, -0.2) is 9.97 Å². The Bertz CT molecular complexity index is 402. The Labute approximate surface area is 122 Å². The maximum atomic E-state index is 5.97. The molecule has 1 fully saturated rings. The van der Waals surface area contributed by atoms with Crippen LogP contribution in [-0.2, 0) is 11.2 Å². The molecule has 0 aliphatic heterocycles. The van der Waals surface area contributed by atoms with E-state index in [1.54, 1.807) is 0 Å². The van der Waals surface area contributed by atoms with Gasteiger partial charge in [-0.3, -0.25) is 0 Å². The van der Waals surface area contributed by atoms with Gasteiger partial charge in [0, 0.05) is 31.0 Å². The zero-order chi connectivity index (χ0) is 14.4. The minimum Gasteiger partial charge on any atom is -0.370 e. The SMILES string of the molecule is CCOC(c1nccc(CC(C)N)n1)C1CCCCC1. The van der Waals surface area contributed by atoms with Gasteiger partial charge in [0.05, 0.1) is 0 Å². The average molecular weight is 277 g/mol. The van der Waals surface area contributed by atoms with Crippen molar-refractivity contribution >= 4 is 0 Å². The van der Waals surface area contributed by atoms with Crippen LogP contribution in [0.4, 0.5) is 0 Å². The normalized spacial score (nSPS) is 19.8. The summed E-state index contributed by atoms with van der Waals surface area (Å²) in [6, 6.07) is 2.08. The van der Waals surface area contributed by atoms with Crippen LogP contribution in [0.5, 0.6) is 0 Å². The lowest BCUT2D eigenvalue weighted by molar-refractivity contribution is -0.000335. The molecule has 2 unspecified atom stereocenters. The summed E-state index contributed by atoms with van der Waals surface area (Å²) in [6.45, 7) is 4.76. The number of hydrogen-bond acceptors (Lipinski definition) is 4. The van der Waals surface area contributed by atoms with Crippen molar-refractivity contribution in [2.75, 3.05) is 6.61 Å². The zero-order valence-electron chi connectivity index (χ0n) is 12.7. The van der Waals surface area contributed by atoms with Gasteiger partial charge in [-0.15, -0.1) is 0 Å². The van der Waals surface area contributed by atoms with E-state index in [4.69, 9.17) is 15.5 Å². The second-order valence-corrected chi connectivity index (χ2v) is 5.86. The number of nitrogens with two attached hydrogens (primary N) is 1. The summed E-state index contributed by atoms with van der Waals surface area (Å²) in [5.41, 5.74) is 6.88. The van der Waals surface area contributed by atoms with Crippen LogP contribution < -0.4 is 5.73 Å². The Morgan fingerprint density at radius 1 is 1.35 bits per heavy atom. The number of hydrogen-bond donors (Lipinski definition) is 1. The quantitative estimate of drug-likeness (QED) is 0.868. The van der Waals surface area contributed by atoms with Crippen molar-refractivity contribution in [3.8, 4) is 0 Å². The lowest BCUT2D eigenvalue weighted by Gasteiger charge is -2.29. The van der Waals surface area contributed by atoms with Gasteiger partial charge in [0.2, 0.25) is 0 Å². The molecule has 1 saturated carbocycles. The summed E-state index contributed by atoms with van der Waals surface area (Å²) < 4.78 is 5.97. The topological polar surface area (TPSA) is 61.0 Å². The Hall–Kier alpha value is -1.00. The lowest BCUT2D eigenvalue weighted by atomic mass is 9.85. The zero-order valence-corrected chi connectivity index (χ0v) is 12.7. The van der Waals surface area contributed by atoms with Crippen LogP contribution >= 0.6 is 0 Å². The van der Waals surface area contributed by atoms with Crippen LogP contribution in [0, 0.1) is 5.92 Å². The van der Waals surface area contributed by atoms with Crippen LogP contribution in [0.15, 0.2) is 12.3 Å². The predicted octanol–water partition coefficient (Wildman–Crippen LogP) is 3.02. The standard InChI is InChI=1S/C16H27N3O/c1-3-20-15(13-7-5-4-6-8-13)16-18-10-9-14(19-16)11-12(2)17/h9-10,12-13,15H,3-8,11,17H2,1-2H3. The van der Waals surface area contributed by atoms with Gasteiger partial charge in [0.25, 0.3) is 0 Å². The van der Waals surface area contributed by atoms with Crippen LogP contribution in [-0.4, -0.2) is 22.6 Å². The van der Waals surface area contributed by atoms with Crippen LogP contribution in [0.3, 0.4) is 0 Å². The number of ether oxygens (including phenoxy) is 1. The molecule has 0 radical (unpaired) electrons. The molecule has 0 amide bonds. The van der Waals surface area contributed by atoms with Gasteiger partial charge < -0.3 is 10.5 Å². The Balaban J connectivity index is 2.15. The minimum absolute atomic E-state index is 0.0494. The fourth-order valence-corrected chi connectivity index (χ4v) is 3.03. The van der Waals surface area contributed by atoms with Crippen molar-refractivity contribution in [3.05, 3.63) is 23.8 Å². The highest BCUT2D eigenvalue weighted by molar-refractivity contribution is 5.06. The number of aromatic nitrogens is 2. The van der Waals surface area contributed by atoms with Crippen molar-refractivity contribution < 1.29 is 4.74 Å². The van der Waals surface area contributed by atoms with Crippen LogP contribution in [0.1, 0.15) is 63.6 Å². The largest absolute Gasteiger partial charge is 0.370 e. The van der Waals surface area contributed by atoms with Gasteiger partial charge in [-0.1, -0.05) is 19.3 Å². The van der Waals surface area contributed by atoms with E-state index in [-0.39, 0.29) is 12.1 Å². The molecule has 1 aliphatic carbocycles. The third-order valence-electron chi connectivity index (χ3n) is 3.94. The summed E-state index contributed by atoms with van der Waals surface area (Å²) in [6.07, 6.45) is 9.08. The molecule has 1 aliphatic rings. The molecule has 2 N–H and O–H groups in total. The van der Waals surface area contributed by atoms with Gasteiger partial charge >= 0.3 is 0 Å². The van der Waals surface area contributed by atoms with E-state index in [0.717, 1.165) is 17.9 Å². The highest BCUT2D eigenvalue weighted by Crippen LogP contribution is 2.35. The fourth-order valence-electron chi connectivity index (χ4n) is 3.03. The molecule has 4 nitrogen and oxygen atoms in total. The Morgan fingerprint density at radius 3 is 2.75 bits per heavy atom. The van der Waals surface area contributed by atoms with Crippen molar-refractivity contribution in [1.29, 1.82) is 0 Å². The smallest absolute Gasteiger partial charge is 0.157 e. The Morgan fingerprint density at radius 2 is 2.10 bits per heavy atom. The summed E-state index contributed by atoms with van der Waals surface area (Å²) in [7, 11) is 0. The van der Waals surface area contributed by atoms with E-state index in [0.29, 0.717) is 12.5 Å². The molecular formula is C16H27N3O. The molecule has 0 aromatic carbocycles. The highest BCUT2D eigenvalue weighted by atomic mass is 16.5. The average Bonchev–Trinajstić information content (AvgIpc) is 2.45. The highest BCUT2D eigenvalue weighted by Gasteiger charge is 2.27. The molecular weight excluding hydrogens is 250 g/mol. The molecule has 20 heavy (non-hydrogen) atoms. The third-order valence-corrected chi connectivity index (χ3v) is 3.94. The van der Waals surface area contributed by atoms with E-state index < -0.39 is 0 Å². The summed E-state index contributed by atoms with van der Waals surface area (Å²) >= 11 is 0. The van der Waals surface area contributed by atoms with Crippen molar-refractivity contribution in [3.63, 3.8) is 0 Å². The first-order valence-electron chi connectivity index (χ1n) is 7.89. The van der Waals surface area contributed by atoms with Crippen molar-refractivity contribution in [2.24, 2.45) is 11.7 Å². The van der Waals surface area contributed by atoms with Crippen LogP contribution in [0.25, 0.3) is 0 Å². The fraction of sp³-hybridized carbons (Fsp3) is 0.750. The van der Waals surface area contributed by atoms with Gasteiger partial charge in [-0.2, -0.15) is 0 Å². The van der Waals surface area contributed by atoms with E-state index in [9.17, 15) is 0 Å². The van der Waals surface area contributed by atoms with Crippen LogP contribution in [0.2, 0.25) is 0 Å². The lowest BCUT2D eigenvalue weighted by Crippen LogP contribution is -2.23.